The van der Waals surface area contributed by atoms with Crippen molar-refractivity contribution < 1.29 is 18.8 Å². The summed E-state index contributed by atoms with van der Waals surface area (Å²) in [6.07, 6.45) is 4.34. The minimum Gasteiger partial charge on any atom is -0.466 e. The molecule has 1 atom stereocenters. The van der Waals surface area contributed by atoms with Crippen LogP contribution in [0.3, 0.4) is 0 Å². The molecule has 0 aromatic heterocycles. The maximum atomic E-state index is 11.9. The van der Waals surface area contributed by atoms with E-state index in [9.17, 15) is 14.1 Å². The summed E-state index contributed by atoms with van der Waals surface area (Å²) in [5.41, 5.74) is -0.846. The van der Waals surface area contributed by atoms with Crippen molar-refractivity contribution in [3.05, 3.63) is 0 Å². The predicted molar refractivity (Wildman–Crippen MR) is 76.3 cm³/mol. The normalized spacial score (nSPS) is 28.9. The molecule has 0 saturated heterocycles. The van der Waals surface area contributed by atoms with Gasteiger partial charge < -0.3 is 9.84 Å². The van der Waals surface area contributed by atoms with E-state index in [1.54, 1.807) is 6.92 Å². The van der Waals surface area contributed by atoms with E-state index in [1.165, 1.54) is 0 Å². The van der Waals surface area contributed by atoms with Gasteiger partial charge in [-0.05, 0) is 39.0 Å². The van der Waals surface area contributed by atoms with Gasteiger partial charge in [0, 0.05) is 16.6 Å². The van der Waals surface area contributed by atoms with Crippen LogP contribution in [0.2, 0.25) is 0 Å². The fraction of sp³-hybridized carbons (Fsp3) is 0.929. The number of carbonyl (C=O) groups is 1. The molecule has 0 heterocycles. The van der Waals surface area contributed by atoms with E-state index in [0.717, 1.165) is 12.8 Å². The Kier molecular flexibility index (Phi) is 7.00. The van der Waals surface area contributed by atoms with Gasteiger partial charge in [-0.2, -0.15) is 0 Å². The number of carbonyl (C=O) groups excluding carboxylic acids is 1. The second-order valence-corrected chi connectivity index (χ2v) is 6.97. The van der Waals surface area contributed by atoms with Crippen LogP contribution in [0.1, 0.15) is 52.4 Å². The summed E-state index contributed by atoms with van der Waals surface area (Å²) >= 11 is 0. The SMILES string of the molecule is CCCCS(=O)CC1(O)CCC(C(=O)OCC)CC1. The first-order valence-corrected chi connectivity index (χ1v) is 8.73. The minimum atomic E-state index is -0.948. The molecule has 1 aliphatic carbocycles. The summed E-state index contributed by atoms with van der Waals surface area (Å²) in [6, 6.07) is 0. The molecule has 0 aliphatic heterocycles. The lowest BCUT2D eigenvalue weighted by molar-refractivity contribution is -0.150. The zero-order valence-corrected chi connectivity index (χ0v) is 12.8. The van der Waals surface area contributed by atoms with Crippen LogP contribution >= 0.6 is 0 Å². The Morgan fingerprint density at radius 2 is 2.00 bits per heavy atom. The summed E-state index contributed by atoms with van der Waals surface area (Å²) in [5.74, 6) is 0.767. The van der Waals surface area contributed by atoms with E-state index in [0.29, 0.717) is 43.8 Å². The molecular formula is C14H26O4S. The fourth-order valence-corrected chi connectivity index (χ4v) is 4.12. The molecule has 19 heavy (non-hydrogen) atoms. The summed E-state index contributed by atoms with van der Waals surface area (Å²) in [6.45, 7) is 4.27. The van der Waals surface area contributed by atoms with Gasteiger partial charge in [0.1, 0.15) is 0 Å². The van der Waals surface area contributed by atoms with E-state index < -0.39 is 16.4 Å². The largest absolute Gasteiger partial charge is 0.466 e. The van der Waals surface area contributed by atoms with Crippen LogP contribution in [-0.4, -0.2) is 39.0 Å². The lowest BCUT2D eigenvalue weighted by Gasteiger charge is -2.34. The van der Waals surface area contributed by atoms with E-state index in [1.807, 2.05) is 0 Å². The van der Waals surface area contributed by atoms with Gasteiger partial charge in [0.25, 0.3) is 0 Å². The maximum absolute atomic E-state index is 11.9. The lowest BCUT2D eigenvalue weighted by atomic mass is 9.80. The molecule has 0 radical (unpaired) electrons. The van der Waals surface area contributed by atoms with Crippen molar-refractivity contribution in [1.29, 1.82) is 0 Å². The Morgan fingerprint density at radius 3 is 2.53 bits per heavy atom. The maximum Gasteiger partial charge on any atom is 0.308 e. The number of hydrogen-bond donors (Lipinski definition) is 1. The van der Waals surface area contributed by atoms with Gasteiger partial charge in [-0.3, -0.25) is 9.00 Å². The van der Waals surface area contributed by atoms with Crippen molar-refractivity contribution in [2.45, 2.75) is 58.0 Å². The highest BCUT2D eigenvalue weighted by atomic mass is 32.2. The molecule has 0 aromatic carbocycles. The summed E-state index contributed by atoms with van der Waals surface area (Å²) in [5, 5.41) is 10.4. The highest BCUT2D eigenvalue weighted by molar-refractivity contribution is 7.85. The molecule has 0 spiro atoms. The zero-order chi connectivity index (χ0) is 14.3. The standard InChI is InChI=1S/C14H26O4S/c1-3-5-10-19(17)11-14(16)8-6-12(7-9-14)13(15)18-4-2/h12,16H,3-11H2,1-2H3. The van der Waals surface area contributed by atoms with Crippen LogP contribution < -0.4 is 0 Å². The fourth-order valence-electron chi connectivity index (χ4n) is 2.47. The average Bonchev–Trinajstić information content (AvgIpc) is 2.37. The van der Waals surface area contributed by atoms with E-state index in [-0.39, 0.29) is 11.9 Å². The first kappa shape index (κ1) is 16.6. The zero-order valence-electron chi connectivity index (χ0n) is 12.0. The van der Waals surface area contributed by atoms with Gasteiger partial charge in [-0.15, -0.1) is 0 Å². The summed E-state index contributed by atoms with van der Waals surface area (Å²) in [4.78, 5) is 11.6. The van der Waals surface area contributed by atoms with E-state index in [4.69, 9.17) is 4.74 Å². The Bertz CT molecular complexity index is 309. The number of rotatable bonds is 7. The van der Waals surface area contributed by atoms with Crippen LogP contribution in [0.4, 0.5) is 0 Å². The Hall–Kier alpha value is -0.420. The third-order valence-electron chi connectivity index (χ3n) is 3.69. The van der Waals surface area contributed by atoms with Crippen LogP contribution in [0.5, 0.6) is 0 Å². The van der Waals surface area contributed by atoms with Gasteiger partial charge in [-0.25, -0.2) is 0 Å². The van der Waals surface area contributed by atoms with Gasteiger partial charge in [0.15, 0.2) is 0 Å². The van der Waals surface area contributed by atoms with Crippen molar-refractivity contribution in [3.63, 3.8) is 0 Å². The Balaban J connectivity index is 2.38. The van der Waals surface area contributed by atoms with Crippen molar-refractivity contribution in [2.24, 2.45) is 5.92 Å². The third-order valence-corrected chi connectivity index (χ3v) is 5.29. The number of ether oxygens (including phenoxy) is 1. The number of hydrogen-bond acceptors (Lipinski definition) is 4. The van der Waals surface area contributed by atoms with Gasteiger partial charge in [-0.1, -0.05) is 13.3 Å². The lowest BCUT2D eigenvalue weighted by Crippen LogP contribution is -2.41. The molecule has 1 saturated carbocycles. The molecule has 1 fully saturated rings. The molecule has 4 nitrogen and oxygen atoms in total. The molecule has 112 valence electrons. The molecule has 1 N–H and O–H groups in total. The summed E-state index contributed by atoms with van der Waals surface area (Å²) in [7, 11) is -0.948. The van der Waals surface area contributed by atoms with Crippen LogP contribution in [0.25, 0.3) is 0 Å². The molecule has 1 rings (SSSR count). The second-order valence-electron chi connectivity index (χ2n) is 5.39. The molecule has 0 amide bonds. The highest BCUT2D eigenvalue weighted by Crippen LogP contribution is 2.33. The molecular weight excluding hydrogens is 264 g/mol. The quantitative estimate of drug-likeness (QED) is 0.729. The average molecular weight is 290 g/mol. The Morgan fingerprint density at radius 1 is 1.37 bits per heavy atom. The molecule has 5 heteroatoms. The Labute approximate surface area is 118 Å². The third kappa shape index (κ3) is 5.61. The topological polar surface area (TPSA) is 63.6 Å². The van der Waals surface area contributed by atoms with E-state index >= 15 is 0 Å². The number of unbranched alkanes of at least 4 members (excludes halogenated alkanes) is 1. The molecule has 1 unspecified atom stereocenters. The number of esters is 1. The van der Waals surface area contributed by atoms with Crippen molar-refractivity contribution >= 4 is 16.8 Å². The minimum absolute atomic E-state index is 0.0932. The van der Waals surface area contributed by atoms with Crippen LogP contribution in [0, 0.1) is 5.92 Å². The van der Waals surface area contributed by atoms with Gasteiger partial charge >= 0.3 is 5.97 Å². The second kappa shape index (κ2) is 8.00. The van der Waals surface area contributed by atoms with Crippen molar-refractivity contribution in [3.8, 4) is 0 Å². The molecule has 1 aliphatic rings. The monoisotopic (exact) mass is 290 g/mol. The highest BCUT2D eigenvalue weighted by Gasteiger charge is 2.37. The van der Waals surface area contributed by atoms with Gasteiger partial charge in [0.05, 0.1) is 23.9 Å². The first-order valence-electron chi connectivity index (χ1n) is 7.24. The first-order chi connectivity index (χ1) is 9.00. The van der Waals surface area contributed by atoms with Gasteiger partial charge in [0.2, 0.25) is 0 Å². The van der Waals surface area contributed by atoms with Crippen molar-refractivity contribution in [2.75, 3.05) is 18.1 Å². The predicted octanol–water partition coefficient (Wildman–Crippen LogP) is 2.02. The molecule has 0 bridgehead atoms. The number of aliphatic hydroxyl groups is 1. The van der Waals surface area contributed by atoms with Crippen LogP contribution in [0.15, 0.2) is 0 Å². The summed E-state index contributed by atoms with van der Waals surface area (Å²) < 4.78 is 16.9. The smallest absolute Gasteiger partial charge is 0.308 e. The molecule has 0 aromatic rings. The van der Waals surface area contributed by atoms with Crippen LogP contribution in [-0.2, 0) is 20.3 Å². The van der Waals surface area contributed by atoms with E-state index in [2.05, 4.69) is 6.92 Å². The van der Waals surface area contributed by atoms with Crippen molar-refractivity contribution in [1.82, 2.24) is 0 Å².